The smallest absolute Gasteiger partial charge is 0.0474 e. The standard InChI is InChI=1S/C12H13N/c1-9-5-6-10-3-2-4-11-7-8-13(9)12(10)11/h2-4H,1,5-8H2. The van der Waals surface area contributed by atoms with E-state index in [0.29, 0.717) is 0 Å². The highest BCUT2D eigenvalue weighted by Crippen LogP contribution is 2.39. The quantitative estimate of drug-likeness (QED) is 0.579. The number of aryl methyl sites for hydroxylation is 1. The average Bonchev–Trinajstić information content (AvgIpc) is 2.57. The largest absolute Gasteiger partial charge is 0.345 e. The number of para-hydroxylation sites is 1. The molecule has 2 aliphatic rings. The van der Waals surface area contributed by atoms with Crippen LogP contribution in [0.25, 0.3) is 0 Å². The van der Waals surface area contributed by atoms with E-state index in [-0.39, 0.29) is 0 Å². The van der Waals surface area contributed by atoms with Crippen LogP contribution in [-0.2, 0) is 12.8 Å². The van der Waals surface area contributed by atoms with Crippen LogP contribution in [-0.4, -0.2) is 6.54 Å². The van der Waals surface area contributed by atoms with E-state index >= 15 is 0 Å². The van der Waals surface area contributed by atoms with Gasteiger partial charge in [-0.1, -0.05) is 24.8 Å². The first kappa shape index (κ1) is 7.19. The molecule has 66 valence electrons. The monoisotopic (exact) mass is 171 g/mol. The van der Waals surface area contributed by atoms with Gasteiger partial charge in [-0.15, -0.1) is 0 Å². The molecule has 0 spiro atoms. The number of hydrogen-bond acceptors (Lipinski definition) is 1. The van der Waals surface area contributed by atoms with Gasteiger partial charge in [0.15, 0.2) is 0 Å². The molecule has 0 aliphatic carbocycles. The molecule has 0 radical (unpaired) electrons. The molecule has 0 bridgehead atoms. The Kier molecular flexibility index (Phi) is 1.32. The number of benzene rings is 1. The lowest BCUT2D eigenvalue weighted by Gasteiger charge is -2.29. The van der Waals surface area contributed by atoms with Crippen molar-refractivity contribution < 1.29 is 0 Å². The first-order chi connectivity index (χ1) is 6.36. The molecule has 1 nitrogen and oxygen atoms in total. The second kappa shape index (κ2) is 2.38. The predicted molar refractivity (Wildman–Crippen MR) is 55.0 cm³/mol. The molecule has 1 aromatic rings. The van der Waals surface area contributed by atoms with E-state index in [4.69, 9.17) is 0 Å². The SMILES string of the molecule is C=C1CCc2cccc3c2N1CC3. The normalized spacial score (nSPS) is 19.1. The molecular formula is C12H13N. The molecule has 0 unspecified atom stereocenters. The Morgan fingerprint density at radius 3 is 2.69 bits per heavy atom. The number of hydrogen-bond donors (Lipinski definition) is 0. The van der Waals surface area contributed by atoms with Crippen LogP contribution >= 0.6 is 0 Å². The Labute approximate surface area is 78.7 Å². The molecule has 0 atom stereocenters. The van der Waals surface area contributed by atoms with E-state index in [9.17, 15) is 0 Å². The minimum atomic E-state index is 1.14. The third-order valence-electron chi connectivity index (χ3n) is 3.14. The number of nitrogens with zero attached hydrogens (tertiary/aromatic N) is 1. The van der Waals surface area contributed by atoms with Crippen LogP contribution in [0.15, 0.2) is 30.5 Å². The van der Waals surface area contributed by atoms with Gasteiger partial charge in [0.05, 0.1) is 0 Å². The van der Waals surface area contributed by atoms with Crippen molar-refractivity contribution >= 4 is 5.69 Å². The van der Waals surface area contributed by atoms with Gasteiger partial charge in [0.2, 0.25) is 0 Å². The molecule has 3 rings (SSSR count). The maximum atomic E-state index is 4.12. The molecule has 2 aliphatic heterocycles. The van der Waals surface area contributed by atoms with Crippen LogP contribution in [0.3, 0.4) is 0 Å². The molecule has 0 saturated carbocycles. The van der Waals surface area contributed by atoms with E-state index < -0.39 is 0 Å². The molecule has 1 heteroatoms. The van der Waals surface area contributed by atoms with Gasteiger partial charge in [0.25, 0.3) is 0 Å². The lowest BCUT2D eigenvalue weighted by atomic mass is 9.99. The Hall–Kier alpha value is -1.24. The summed E-state index contributed by atoms with van der Waals surface area (Å²) in [6.07, 6.45) is 3.51. The van der Waals surface area contributed by atoms with Crippen LogP contribution in [0.4, 0.5) is 5.69 Å². The maximum Gasteiger partial charge on any atom is 0.0474 e. The molecular weight excluding hydrogens is 158 g/mol. The van der Waals surface area contributed by atoms with E-state index in [1.807, 2.05) is 0 Å². The second-order valence-corrected chi connectivity index (χ2v) is 3.89. The van der Waals surface area contributed by atoms with Gasteiger partial charge < -0.3 is 4.90 Å². The zero-order chi connectivity index (χ0) is 8.84. The molecule has 13 heavy (non-hydrogen) atoms. The van der Waals surface area contributed by atoms with Gasteiger partial charge in [0.1, 0.15) is 0 Å². The second-order valence-electron chi connectivity index (χ2n) is 3.89. The Balaban J connectivity index is 2.24. The lowest BCUT2D eigenvalue weighted by Crippen LogP contribution is -2.23. The van der Waals surface area contributed by atoms with Crippen molar-refractivity contribution in [2.24, 2.45) is 0 Å². The van der Waals surface area contributed by atoms with Gasteiger partial charge >= 0.3 is 0 Å². The summed E-state index contributed by atoms with van der Waals surface area (Å²) in [7, 11) is 0. The maximum absolute atomic E-state index is 4.12. The van der Waals surface area contributed by atoms with Gasteiger partial charge in [-0.25, -0.2) is 0 Å². The van der Waals surface area contributed by atoms with Crippen LogP contribution in [0, 0.1) is 0 Å². The summed E-state index contributed by atoms with van der Waals surface area (Å²) < 4.78 is 0. The van der Waals surface area contributed by atoms with Crippen LogP contribution in [0.1, 0.15) is 17.5 Å². The summed E-state index contributed by atoms with van der Waals surface area (Å²) in [6.45, 7) is 5.27. The highest BCUT2D eigenvalue weighted by Gasteiger charge is 2.26. The Bertz CT molecular complexity index is 379. The van der Waals surface area contributed by atoms with Crippen LogP contribution in [0.2, 0.25) is 0 Å². The summed E-state index contributed by atoms with van der Waals surface area (Å²) in [4.78, 5) is 2.40. The van der Waals surface area contributed by atoms with Gasteiger partial charge in [-0.3, -0.25) is 0 Å². The first-order valence-corrected chi connectivity index (χ1v) is 4.92. The van der Waals surface area contributed by atoms with E-state index in [1.54, 1.807) is 0 Å². The van der Waals surface area contributed by atoms with Crippen molar-refractivity contribution in [1.29, 1.82) is 0 Å². The zero-order valence-corrected chi connectivity index (χ0v) is 7.71. The molecule has 0 amide bonds. The molecule has 0 fully saturated rings. The topological polar surface area (TPSA) is 3.24 Å². The third-order valence-corrected chi connectivity index (χ3v) is 3.14. The summed E-state index contributed by atoms with van der Waals surface area (Å²) >= 11 is 0. The van der Waals surface area contributed by atoms with Crippen molar-refractivity contribution in [3.05, 3.63) is 41.6 Å². The van der Waals surface area contributed by atoms with Crippen molar-refractivity contribution in [3.8, 4) is 0 Å². The van der Waals surface area contributed by atoms with Crippen molar-refractivity contribution in [1.82, 2.24) is 0 Å². The van der Waals surface area contributed by atoms with Crippen molar-refractivity contribution in [3.63, 3.8) is 0 Å². The molecule has 0 aromatic heterocycles. The summed E-state index contributed by atoms with van der Waals surface area (Å²) in [6, 6.07) is 6.69. The van der Waals surface area contributed by atoms with Gasteiger partial charge in [0, 0.05) is 17.9 Å². The van der Waals surface area contributed by atoms with Crippen LogP contribution in [0.5, 0.6) is 0 Å². The zero-order valence-electron chi connectivity index (χ0n) is 7.71. The summed E-state index contributed by atoms with van der Waals surface area (Å²) in [5.41, 5.74) is 5.80. The fourth-order valence-electron chi connectivity index (χ4n) is 2.47. The molecule has 0 saturated heterocycles. The number of rotatable bonds is 0. The highest BCUT2D eigenvalue weighted by atomic mass is 15.2. The van der Waals surface area contributed by atoms with E-state index in [2.05, 4.69) is 29.7 Å². The minimum Gasteiger partial charge on any atom is -0.345 e. The highest BCUT2D eigenvalue weighted by molar-refractivity contribution is 5.68. The van der Waals surface area contributed by atoms with E-state index in [1.165, 1.54) is 35.4 Å². The lowest BCUT2D eigenvalue weighted by molar-refractivity contribution is 0.815. The molecule has 1 aromatic carbocycles. The first-order valence-electron chi connectivity index (χ1n) is 4.92. The van der Waals surface area contributed by atoms with Crippen molar-refractivity contribution in [2.45, 2.75) is 19.3 Å². The average molecular weight is 171 g/mol. The summed E-state index contributed by atoms with van der Waals surface area (Å²) in [5.74, 6) is 0. The van der Waals surface area contributed by atoms with Gasteiger partial charge in [-0.05, 0) is 30.4 Å². The van der Waals surface area contributed by atoms with Crippen LogP contribution < -0.4 is 4.90 Å². The summed E-state index contributed by atoms with van der Waals surface area (Å²) in [5, 5.41) is 0. The fourth-order valence-corrected chi connectivity index (χ4v) is 2.47. The predicted octanol–water partition coefficient (Wildman–Crippen LogP) is 2.51. The third kappa shape index (κ3) is 0.873. The number of anilines is 1. The number of allylic oxidation sites excluding steroid dienone is 1. The Morgan fingerprint density at radius 1 is 1.08 bits per heavy atom. The minimum absolute atomic E-state index is 1.14. The fraction of sp³-hybridized carbons (Fsp3) is 0.333. The van der Waals surface area contributed by atoms with E-state index in [0.717, 1.165) is 13.0 Å². The van der Waals surface area contributed by atoms with Gasteiger partial charge in [-0.2, -0.15) is 0 Å². The molecule has 0 N–H and O–H groups in total. The molecule has 2 heterocycles. The van der Waals surface area contributed by atoms with Crippen molar-refractivity contribution in [2.75, 3.05) is 11.4 Å². The Morgan fingerprint density at radius 2 is 1.85 bits per heavy atom.